The van der Waals surface area contributed by atoms with Crippen molar-refractivity contribution in [1.29, 1.82) is 0 Å². The minimum absolute atomic E-state index is 0.127. The lowest BCUT2D eigenvalue weighted by Gasteiger charge is -2.05. The van der Waals surface area contributed by atoms with Gasteiger partial charge in [-0.1, -0.05) is 27.1 Å². The van der Waals surface area contributed by atoms with Gasteiger partial charge in [0.25, 0.3) is 11.9 Å². The number of hydrogen-bond acceptors (Lipinski definition) is 5. The van der Waals surface area contributed by atoms with Gasteiger partial charge in [-0.05, 0) is 29.5 Å². The molecule has 0 atom stereocenters. The van der Waals surface area contributed by atoms with Gasteiger partial charge in [-0.15, -0.1) is 11.7 Å². The summed E-state index contributed by atoms with van der Waals surface area (Å²) in [5.74, 6) is 0.383. The minimum Gasteiger partial charge on any atom is -0.484 e. The maximum absolute atomic E-state index is 11.6. The molecule has 0 fully saturated rings. The number of rotatable bonds is 6. The maximum atomic E-state index is 11.6. The topological polar surface area (TPSA) is 81.9 Å². The molecule has 0 radical (unpaired) electrons. The van der Waals surface area contributed by atoms with Gasteiger partial charge in [-0.3, -0.25) is 10.1 Å². The lowest BCUT2D eigenvalue weighted by Crippen LogP contribution is -2.21. The second kappa shape index (κ2) is 6.80. The van der Waals surface area contributed by atoms with Gasteiger partial charge >= 0.3 is 0 Å². The molecule has 0 bridgehead atoms. The van der Waals surface area contributed by atoms with Crippen LogP contribution in [0.25, 0.3) is 0 Å². The minimum atomic E-state index is -0.355. The van der Waals surface area contributed by atoms with E-state index in [-0.39, 0.29) is 18.5 Å². The van der Waals surface area contributed by atoms with Crippen molar-refractivity contribution in [2.24, 2.45) is 0 Å². The molecule has 1 aromatic carbocycles. The Morgan fingerprint density at radius 3 is 2.90 bits per heavy atom. The van der Waals surface area contributed by atoms with Gasteiger partial charge in [-0.25, -0.2) is 0 Å². The second-order valence-electron chi connectivity index (χ2n) is 3.75. The predicted octanol–water partition coefficient (Wildman–Crippen LogP) is 1.64. The van der Waals surface area contributed by atoms with Crippen LogP contribution in [0.2, 0.25) is 0 Å². The maximum Gasteiger partial charge on any atom is 0.270 e. The van der Waals surface area contributed by atoms with Gasteiger partial charge in [0, 0.05) is 4.47 Å². The molecule has 1 heterocycles. The van der Waals surface area contributed by atoms with E-state index in [1.165, 1.54) is 4.80 Å². The number of halogens is 1. The Hall–Kier alpha value is -2.22. The summed E-state index contributed by atoms with van der Waals surface area (Å²) in [6.07, 6.45) is 1.63. The molecular formula is C12H12BrN5O2. The molecule has 0 spiro atoms. The number of nitrogens with one attached hydrogen (secondary N) is 1. The van der Waals surface area contributed by atoms with Crippen molar-refractivity contribution in [2.45, 2.75) is 6.54 Å². The molecule has 8 heteroatoms. The van der Waals surface area contributed by atoms with Crippen LogP contribution in [-0.2, 0) is 11.3 Å². The summed E-state index contributed by atoms with van der Waals surface area (Å²) in [4.78, 5) is 13.0. The Morgan fingerprint density at radius 1 is 1.45 bits per heavy atom. The first-order valence-corrected chi connectivity index (χ1v) is 6.53. The average Bonchev–Trinajstić information content (AvgIpc) is 2.86. The van der Waals surface area contributed by atoms with E-state index in [0.29, 0.717) is 12.3 Å². The van der Waals surface area contributed by atoms with Crippen LogP contribution in [0.15, 0.2) is 41.4 Å². The molecular weight excluding hydrogens is 326 g/mol. The van der Waals surface area contributed by atoms with E-state index in [9.17, 15) is 4.79 Å². The van der Waals surface area contributed by atoms with Gasteiger partial charge in [0.2, 0.25) is 0 Å². The molecule has 1 amide bonds. The molecule has 0 aliphatic heterocycles. The van der Waals surface area contributed by atoms with Crippen LogP contribution in [0.4, 0.5) is 5.95 Å². The van der Waals surface area contributed by atoms with E-state index < -0.39 is 0 Å². The highest BCUT2D eigenvalue weighted by Gasteiger charge is 2.08. The van der Waals surface area contributed by atoms with Crippen molar-refractivity contribution in [2.75, 3.05) is 11.9 Å². The van der Waals surface area contributed by atoms with Crippen LogP contribution in [-0.4, -0.2) is 32.7 Å². The van der Waals surface area contributed by atoms with Crippen LogP contribution < -0.4 is 10.1 Å². The highest BCUT2D eigenvalue weighted by molar-refractivity contribution is 9.10. The first kappa shape index (κ1) is 14.2. The fourth-order valence-electron chi connectivity index (χ4n) is 1.33. The molecule has 7 nitrogen and oxygen atoms in total. The molecule has 20 heavy (non-hydrogen) atoms. The van der Waals surface area contributed by atoms with Crippen LogP contribution in [0, 0.1) is 0 Å². The molecule has 0 saturated heterocycles. The number of anilines is 1. The van der Waals surface area contributed by atoms with E-state index in [2.05, 4.69) is 43.2 Å². The number of aromatic nitrogens is 4. The van der Waals surface area contributed by atoms with Gasteiger partial charge in [0.05, 0.1) is 6.54 Å². The first-order valence-electron chi connectivity index (χ1n) is 5.74. The molecule has 104 valence electrons. The Kier molecular flexibility index (Phi) is 4.83. The highest BCUT2D eigenvalue weighted by Crippen LogP contribution is 2.15. The normalized spacial score (nSPS) is 10.1. The lowest BCUT2D eigenvalue weighted by atomic mass is 10.3. The fourth-order valence-corrected chi connectivity index (χ4v) is 1.59. The van der Waals surface area contributed by atoms with Crippen LogP contribution in [0.1, 0.15) is 0 Å². The van der Waals surface area contributed by atoms with Gasteiger partial charge < -0.3 is 4.74 Å². The molecule has 0 saturated carbocycles. The zero-order chi connectivity index (χ0) is 14.4. The molecule has 2 rings (SSSR count). The molecule has 0 unspecified atom stereocenters. The Labute approximate surface area is 123 Å². The van der Waals surface area contributed by atoms with Crippen LogP contribution in [0.3, 0.4) is 0 Å². The van der Waals surface area contributed by atoms with Crippen LogP contribution in [0.5, 0.6) is 5.75 Å². The predicted molar refractivity (Wildman–Crippen MR) is 76.3 cm³/mol. The quantitative estimate of drug-likeness (QED) is 0.810. The molecule has 2 aromatic rings. The highest BCUT2D eigenvalue weighted by atomic mass is 79.9. The average molecular weight is 338 g/mol. The van der Waals surface area contributed by atoms with E-state index in [1.54, 1.807) is 18.2 Å². The summed E-state index contributed by atoms with van der Waals surface area (Å²) >= 11 is 3.32. The summed E-state index contributed by atoms with van der Waals surface area (Å²) in [6.45, 7) is 3.86. The number of nitrogens with zero attached hydrogens (tertiary/aromatic N) is 4. The fraction of sp³-hybridized carbons (Fsp3) is 0.167. The third-order valence-corrected chi connectivity index (χ3v) is 2.71. The van der Waals surface area contributed by atoms with Crippen molar-refractivity contribution in [3.05, 3.63) is 41.4 Å². The van der Waals surface area contributed by atoms with Crippen molar-refractivity contribution in [3.63, 3.8) is 0 Å². The van der Waals surface area contributed by atoms with Crippen molar-refractivity contribution >= 4 is 27.8 Å². The number of benzene rings is 1. The third-order valence-electron chi connectivity index (χ3n) is 2.18. The molecule has 1 aromatic heterocycles. The van der Waals surface area contributed by atoms with Crippen molar-refractivity contribution < 1.29 is 9.53 Å². The Bertz CT molecular complexity index is 596. The molecule has 1 N–H and O–H groups in total. The van der Waals surface area contributed by atoms with E-state index >= 15 is 0 Å². The zero-order valence-corrected chi connectivity index (χ0v) is 12.1. The number of carbonyl (C=O) groups excluding carboxylic acids is 1. The summed E-state index contributed by atoms with van der Waals surface area (Å²) in [5, 5.41) is 13.8. The second-order valence-corrected chi connectivity index (χ2v) is 4.66. The van der Waals surface area contributed by atoms with Crippen molar-refractivity contribution in [3.8, 4) is 5.75 Å². The molecule has 0 aliphatic carbocycles. The third kappa shape index (κ3) is 4.16. The van der Waals surface area contributed by atoms with E-state index in [4.69, 9.17) is 4.74 Å². The number of amides is 1. The summed E-state index contributed by atoms with van der Waals surface area (Å²) in [7, 11) is 0. The molecule has 0 aliphatic rings. The van der Waals surface area contributed by atoms with Crippen molar-refractivity contribution in [1.82, 2.24) is 20.2 Å². The SMILES string of the molecule is C=CCn1nnc(NC(=O)COc2ccc(Br)cc2)n1. The van der Waals surface area contributed by atoms with Gasteiger partial charge in [0.1, 0.15) is 5.75 Å². The van der Waals surface area contributed by atoms with Crippen LogP contribution >= 0.6 is 15.9 Å². The van der Waals surface area contributed by atoms with E-state index in [1.807, 2.05) is 12.1 Å². The Balaban J connectivity index is 1.82. The lowest BCUT2D eigenvalue weighted by molar-refractivity contribution is -0.118. The smallest absolute Gasteiger partial charge is 0.270 e. The summed E-state index contributed by atoms with van der Waals surface area (Å²) in [5.41, 5.74) is 0. The van der Waals surface area contributed by atoms with Gasteiger partial charge in [-0.2, -0.15) is 4.80 Å². The summed E-state index contributed by atoms with van der Waals surface area (Å²) < 4.78 is 6.26. The van der Waals surface area contributed by atoms with Gasteiger partial charge in [0.15, 0.2) is 6.61 Å². The monoisotopic (exact) mass is 337 g/mol. The number of ether oxygens (including phenoxy) is 1. The number of carbonyl (C=O) groups is 1. The first-order chi connectivity index (χ1) is 9.67. The zero-order valence-electron chi connectivity index (χ0n) is 10.5. The standard InChI is InChI=1S/C12H12BrN5O2/c1-2-7-18-16-12(15-17-18)14-11(19)8-20-10-5-3-9(13)4-6-10/h2-6H,1,7-8H2,(H,14,16,19). The van der Waals surface area contributed by atoms with E-state index in [0.717, 1.165) is 4.47 Å². The largest absolute Gasteiger partial charge is 0.484 e. The number of hydrogen-bond donors (Lipinski definition) is 1. The number of tetrazole rings is 1. The summed E-state index contributed by atoms with van der Waals surface area (Å²) in [6, 6.07) is 7.18. The number of allylic oxidation sites excluding steroid dienone is 1. The Morgan fingerprint density at radius 2 is 2.20 bits per heavy atom.